The summed E-state index contributed by atoms with van der Waals surface area (Å²) in [7, 11) is 0. The van der Waals surface area contributed by atoms with Crippen molar-refractivity contribution in [2.24, 2.45) is 0 Å². The molecule has 0 fully saturated rings. The first-order chi connectivity index (χ1) is 10.1. The number of rotatable bonds is 3. The van der Waals surface area contributed by atoms with Crippen LogP contribution < -0.4 is 4.90 Å². The molecule has 0 N–H and O–H groups in total. The van der Waals surface area contributed by atoms with E-state index in [0.29, 0.717) is 17.8 Å². The Bertz CT molecular complexity index is 651. The second-order valence-electron chi connectivity index (χ2n) is 6.10. The zero-order valence-electron chi connectivity index (χ0n) is 12.8. The molecule has 1 aromatic carbocycles. The van der Waals surface area contributed by atoms with Crippen molar-refractivity contribution in [3.63, 3.8) is 0 Å². The SMILES string of the molecule is CC(C)c1cc(CCl)cc(N2c3ccccc3CC2C)n1. The molecule has 0 aliphatic carbocycles. The molecule has 1 aliphatic rings. The van der Waals surface area contributed by atoms with Crippen molar-refractivity contribution in [3.8, 4) is 0 Å². The van der Waals surface area contributed by atoms with Crippen LogP contribution in [0.25, 0.3) is 0 Å². The Morgan fingerprint density at radius 1 is 1.29 bits per heavy atom. The van der Waals surface area contributed by atoms with Crippen LogP contribution in [0.15, 0.2) is 36.4 Å². The molecule has 0 saturated heterocycles. The minimum atomic E-state index is 0.403. The molecule has 1 aromatic heterocycles. The molecule has 0 bridgehead atoms. The predicted octanol–water partition coefficient (Wildman–Crippen LogP) is 5.03. The van der Waals surface area contributed by atoms with E-state index in [1.807, 2.05) is 0 Å². The molecule has 110 valence electrons. The maximum atomic E-state index is 6.07. The molecule has 1 aliphatic heterocycles. The minimum Gasteiger partial charge on any atom is -0.323 e. The second-order valence-corrected chi connectivity index (χ2v) is 6.37. The third-order valence-electron chi connectivity index (χ3n) is 4.09. The Morgan fingerprint density at radius 2 is 2.05 bits per heavy atom. The van der Waals surface area contributed by atoms with Gasteiger partial charge >= 0.3 is 0 Å². The number of fused-ring (bicyclic) bond motifs is 1. The molecule has 1 atom stereocenters. The molecule has 0 spiro atoms. The quantitative estimate of drug-likeness (QED) is 0.739. The van der Waals surface area contributed by atoms with Crippen LogP contribution in [-0.2, 0) is 12.3 Å². The van der Waals surface area contributed by atoms with Crippen LogP contribution in [0, 0.1) is 0 Å². The number of anilines is 2. The molecule has 0 amide bonds. The molecule has 21 heavy (non-hydrogen) atoms. The highest BCUT2D eigenvalue weighted by Gasteiger charge is 2.28. The Morgan fingerprint density at radius 3 is 2.76 bits per heavy atom. The van der Waals surface area contributed by atoms with Crippen LogP contribution in [0.1, 0.15) is 43.5 Å². The van der Waals surface area contributed by atoms with Gasteiger partial charge in [0.1, 0.15) is 5.82 Å². The standard InChI is InChI=1S/C18H21ClN2/c1-12(2)16-9-14(11-19)10-18(20-16)21-13(3)8-15-6-4-5-7-17(15)21/h4-7,9-10,12-13H,8,11H2,1-3H3. The lowest BCUT2D eigenvalue weighted by Crippen LogP contribution is -2.25. The molecule has 1 unspecified atom stereocenters. The fourth-order valence-corrected chi connectivity index (χ4v) is 3.16. The van der Waals surface area contributed by atoms with Gasteiger partial charge in [-0.2, -0.15) is 0 Å². The summed E-state index contributed by atoms with van der Waals surface area (Å²) in [5.74, 6) is 1.95. The lowest BCUT2D eigenvalue weighted by molar-refractivity contribution is 0.740. The van der Waals surface area contributed by atoms with E-state index in [1.165, 1.54) is 11.3 Å². The zero-order chi connectivity index (χ0) is 15.0. The number of alkyl halides is 1. The van der Waals surface area contributed by atoms with Gasteiger partial charge < -0.3 is 4.90 Å². The maximum Gasteiger partial charge on any atom is 0.133 e. The maximum absolute atomic E-state index is 6.07. The largest absolute Gasteiger partial charge is 0.323 e. The van der Waals surface area contributed by atoms with Crippen molar-refractivity contribution in [2.75, 3.05) is 4.90 Å². The number of halogens is 1. The summed E-state index contributed by atoms with van der Waals surface area (Å²) in [5, 5.41) is 0. The van der Waals surface area contributed by atoms with Gasteiger partial charge in [0, 0.05) is 23.3 Å². The summed E-state index contributed by atoms with van der Waals surface area (Å²) in [4.78, 5) is 7.22. The Balaban J connectivity index is 2.10. The topological polar surface area (TPSA) is 16.1 Å². The predicted molar refractivity (Wildman–Crippen MR) is 89.6 cm³/mol. The first-order valence-corrected chi connectivity index (χ1v) is 8.07. The highest BCUT2D eigenvalue weighted by molar-refractivity contribution is 6.17. The summed E-state index contributed by atoms with van der Waals surface area (Å²) in [6.07, 6.45) is 1.07. The number of para-hydroxylation sites is 1. The number of hydrogen-bond acceptors (Lipinski definition) is 2. The average molecular weight is 301 g/mol. The number of pyridine rings is 1. The van der Waals surface area contributed by atoms with Crippen LogP contribution in [-0.4, -0.2) is 11.0 Å². The van der Waals surface area contributed by atoms with Gasteiger partial charge in [-0.1, -0.05) is 32.0 Å². The van der Waals surface area contributed by atoms with Gasteiger partial charge in [-0.15, -0.1) is 11.6 Å². The van der Waals surface area contributed by atoms with Crippen molar-refractivity contribution in [2.45, 2.75) is 45.0 Å². The van der Waals surface area contributed by atoms with E-state index in [2.05, 4.69) is 62.1 Å². The fourth-order valence-electron chi connectivity index (χ4n) is 3.01. The van der Waals surface area contributed by atoms with Crippen molar-refractivity contribution in [1.29, 1.82) is 0 Å². The Kier molecular flexibility index (Phi) is 3.90. The third kappa shape index (κ3) is 2.65. The van der Waals surface area contributed by atoms with E-state index < -0.39 is 0 Å². The monoisotopic (exact) mass is 300 g/mol. The highest BCUT2D eigenvalue weighted by atomic mass is 35.5. The van der Waals surface area contributed by atoms with Crippen molar-refractivity contribution >= 4 is 23.1 Å². The summed E-state index contributed by atoms with van der Waals surface area (Å²) in [5.41, 5.74) is 4.93. The summed E-state index contributed by atoms with van der Waals surface area (Å²) >= 11 is 6.07. The molecule has 0 radical (unpaired) electrons. The van der Waals surface area contributed by atoms with Gasteiger partial charge in [-0.3, -0.25) is 0 Å². The van der Waals surface area contributed by atoms with Crippen LogP contribution in [0.2, 0.25) is 0 Å². The summed E-state index contributed by atoms with van der Waals surface area (Å²) < 4.78 is 0. The van der Waals surface area contributed by atoms with E-state index >= 15 is 0 Å². The Labute approximate surface area is 131 Å². The normalized spacial score (nSPS) is 17.4. The molecule has 2 aromatic rings. The average Bonchev–Trinajstić information content (AvgIpc) is 2.82. The Hall–Kier alpha value is -1.54. The third-order valence-corrected chi connectivity index (χ3v) is 4.40. The van der Waals surface area contributed by atoms with Crippen LogP contribution in [0.3, 0.4) is 0 Å². The number of benzene rings is 1. The van der Waals surface area contributed by atoms with Crippen molar-refractivity contribution in [1.82, 2.24) is 4.98 Å². The lowest BCUT2D eigenvalue weighted by atomic mass is 10.1. The number of aromatic nitrogens is 1. The van der Waals surface area contributed by atoms with Crippen LogP contribution >= 0.6 is 11.6 Å². The van der Waals surface area contributed by atoms with Gasteiger partial charge in [0.25, 0.3) is 0 Å². The second kappa shape index (κ2) is 5.69. The van der Waals surface area contributed by atoms with Crippen molar-refractivity contribution in [3.05, 3.63) is 53.2 Å². The molecule has 0 saturated carbocycles. The summed E-state index contributed by atoms with van der Waals surface area (Å²) in [6, 6.07) is 13.3. The van der Waals surface area contributed by atoms with Gasteiger partial charge in [0.15, 0.2) is 0 Å². The molecule has 3 rings (SSSR count). The minimum absolute atomic E-state index is 0.403. The molecular weight excluding hydrogens is 280 g/mol. The van der Waals surface area contributed by atoms with Gasteiger partial charge in [0.2, 0.25) is 0 Å². The lowest BCUT2D eigenvalue weighted by Gasteiger charge is -2.25. The van der Waals surface area contributed by atoms with E-state index in [9.17, 15) is 0 Å². The first kappa shape index (κ1) is 14.4. The van der Waals surface area contributed by atoms with E-state index in [1.54, 1.807) is 0 Å². The van der Waals surface area contributed by atoms with Crippen LogP contribution in [0.4, 0.5) is 11.5 Å². The van der Waals surface area contributed by atoms with Gasteiger partial charge in [0.05, 0.1) is 0 Å². The van der Waals surface area contributed by atoms with Gasteiger partial charge in [-0.05, 0) is 48.6 Å². The van der Waals surface area contributed by atoms with Crippen molar-refractivity contribution < 1.29 is 0 Å². The van der Waals surface area contributed by atoms with E-state index in [-0.39, 0.29) is 0 Å². The van der Waals surface area contributed by atoms with E-state index in [0.717, 1.165) is 23.5 Å². The molecule has 2 nitrogen and oxygen atoms in total. The van der Waals surface area contributed by atoms with Crippen LogP contribution in [0.5, 0.6) is 0 Å². The molecule has 3 heteroatoms. The zero-order valence-corrected chi connectivity index (χ0v) is 13.6. The molecule has 2 heterocycles. The smallest absolute Gasteiger partial charge is 0.133 e. The van der Waals surface area contributed by atoms with Gasteiger partial charge in [-0.25, -0.2) is 4.98 Å². The highest BCUT2D eigenvalue weighted by Crippen LogP contribution is 2.38. The number of hydrogen-bond donors (Lipinski definition) is 0. The number of nitrogens with zero attached hydrogens (tertiary/aromatic N) is 2. The first-order valence-electron chi connectivity index (χ1n) is 7.54. The fraction of sp³-hybridized carbons (Fsp3) is 0.389. The van der Waals surface area contributed by atoms with E-state index in [4.69, 9.17) is 16.6 Å². The summed E-state index contributed by atoms with van der Waals surface area (Å²) in [6.45, 7) is 6.60. The molecular formula is C18H21ClN2.